The van der Waals surface area contributed by atoms with Gasteiger partial charge in [-0.2, -0.15) is 0 Å². The Hall–Kier alpha value is -1.09. The van der Waals surface area contributed by atoms with E-state index >= 15 is 0 Å². The van der Waals surface area contributed by atoms with Gasteiger partial charge in [0.1, 0.15) is 0 Å². The van der Waals surface area contributed by atoms with Crippen molar-refractivity contribution >= 4 is 17.5 Å². The monoisotopic (exact) mass is 278 g/mol. The maximum absolute atomic E-state index is 12.2. The van der Waals surface area contributed by atoms with Gasteiger partial charge in [0, 0.05) is 18.4 Å². The molecule has 2 aliphatic carbocycles. The average molecular weight is 279 g/mol. The minimum atomic E-state index is -0.103. The summed E-state index contributed by atoms with van der Waals surface area (Å²) >= 11 is 6.02. The molecule has 1 N–H and O–H groups in total. The van der Waals surface area contributed by atoms with Crippen LogP contribution in [0.25, 0.3) is 0 Å². The van der Waals surface area contributed by atoms with Gasteiger partial charge in [-0.25, -0.2) is 0 Å². The number of fused-ring (bicyclic) bond motifs is 2. The minimum absolute atomic E-state index is 0.103. The number of rotatable bonds is 3. The van der Waals surface area contributed by atoms with Gasteiger partial charge in [-0.15, -0.1) is 0 Å². The molecule has 0 aromatic carbocycles. The zero-order chi connectivity index (χ0) is 13.4. The Morgan fingerprint density at radius 3 is 2.95 bits per heavy atom. The molecule has 4 unspecified atom stereocenters. The average Bonchev–Trinajstić information content (AvgIpc) is 3.01. The van der Waals surface area contributed by atoms with Crippen LogP contribution >= 0.6 is 11.6 Å². The number of halogens is 1. The van der Waals surface area contributed by atoms with Crippen molar-refractivity contribution in [2.75, 3.05) is 0 Å². The Morgan fingerprint density at radius 1 is 1.47 bits per heavy atom. The molecule has 0 spiro atoms. The first kappa shape index (κ1) is 12.9. The zero-order valence-electron chi connectivity index (χ0n) is 11.1. The summed E-state index contributed by atoms with van der Waals surface area (Å²) in [6, 6.07) is 1.87. The fourth-order valence-electron chi connectivity index (χ4n) is 3.84. The number of carbonyl (C=O) groups excluding carboxylic acids is 1. The van der Waals surface area contributed by atoms with Crippen LogP contribution < -0.4 is 5.32 Å². The summed E-state index contributed by atoms with van der Waals surface area (Å²) in [5.41, 5.74) is 0.471. The predicted octanol–water partition coefficient (Wildman–Crippen LogP) is 3.29. The molecular weight excluding hydrogens is 260 g/mol. The second-order valence-corrected chi connectivity index (χ2v) is 6.36. The first-order valence-electron chi connectivity index (χ1n) is 7.05. The molecule has 3 rings (SSSR count). The van der Waals surface area contributed by atoms with Crippen molar-refractivity contribution in [1.82, 2.24) is 10.3 Å². The standard InChI is InChI=1S/C15H19ClN2O/c1-9(12-7-10-2-3-11(12)6-10)18-15(19)13-8-17-5-4-14(13)16/h4-5,8-12H,2-3,6-7H2,1H3,(H,18,19). The van der Waals surface area contributed by atoms with Gasteiger partial charge in [-0.1, -0.05) is 18.0 Å². The van der Waals surface area contributed by atoms with Gasteiger partial charge in [0.2, 0.25) is 0 Å². The third kappa shape index (κ3) is 2.48. The molecule has 0 radical (unpaired) electrons. The second-order valence-electron chi connectivity index (χ2n) is 5.96. The van der Waals surface area contributed by atoms with Crippen LogP contribution in [0, 0.1) is 17.8 Å². The van der Waals surface area contributed by atoms with Crippen molar-refractivity contribution in [2.24, 2.45) is 17.8 Å². The lowest BCUT2D eigenvalue weighted by Crippen LogP contribution is -2.40. The van der Waals surface area contributed by atoms with Gasteiger partial charge in [0.05, 0.1) is 10.6 Å². The topological polar surface area (TPSA) is 42.0 Å². The first-order valence-corrected chi connectivity index (χ1v) is 7.43. The summed E-state index contributed by atoms with van der Waals surface area (Å²) in [5.74, 6) is 2.24. The van der Waals surface area contributed by atoms with E-state index in [2.05, 4.69) is 17.2 Å². The van der Waals surface area contributed by atoms with E-state index in [0.717, 1.165) is 11.8 Å². The highest BCUT2D eigenvalue weighted by Crippen LogP contribution is 2.49. The Bertz CT molecular complexity index is 491. The normalized spacial score (nSPS) is 30.3. The summed E-state index contributed by atoms with van der Waals surface area (Å²) in [6.45, 7) is 2.12. The minimum Gasteiger partial charge on any atom is -0.349 e. The number of nitrogens with one attached hydrogen (secondary N) is 1. The van der Waals surface area contributed by atoms with Gasteiger partial charge < -0.3 is 5.32 Å². The fraction of sp³-hybridized carbons (Fsp3) is 0.600. The van der Waals surface area contributed by atoms with Crippen LogP contribution in [0.1, 0.15) is 43.0 Å². The van der Waals surface area contributed by atoms with Crippen LogP contribution in [0.4, 0.5) is 0 Å². The zero-order valence-corrected chi connectivity index (χ0v) is 11.9. The molecule has 2 saturated carbocycles. The lowest BCUT2D eigenvalue weighted by atomic mass is 9.84. The Balaban J connectivity index is 1.65. The molecule has 0 saturated heterocycles. The van der Waals surface area contributed by atoms with Crippen LogP contribution in [0.15, 0.2) is 18.5 Å². The van der Waals surface area contributed by atoms with E-state index in [-0.39, 0.29) is 11.9 Å². The van der Waals surface area contributed by atoms with E-state index in [1.165, 1.54) is 31.9 Å². The molecule has 2 aliphatic rings. The van der Waals surface area contributed by atoms with Gasteiger partial charge in [-0.05, 0) is 50.0 Å². The van der Waals surface area contributed by atoms with E-state index in [9.17, 15) is 4.79 Å². The molecule has 2 bridgehead atoms. The van der Waals surface area contributed by atoms with E-state index < -0.39 is 0 Å². The van der Waals surface area contributed by atoms with Crippen molar-refractivity contribution in [1.29, 1.82) is 0 Å². The lowest BCUT2D eigenvalue weighted by molar-refractivity contribution is 0.0915. The number of carbonyl (C=O) groups is 1. The molecule has 3 nitrogen and oxygen atoms in total. The smallest absolute Gasteiger partial charge is 0.254 e. The highest BCUT2D eigenvalue weighted by atomic mass is 35.5. The molecule has 2 fully saturated rings. The van der Waals surface area contributed by atoms with E-state index in [1.54, 1.807) is 12.3 Å². The van der Waals surface area contributed by atoms with E-state index in [0.29, 0.717) is 16.5 Å². The third-order valence-electron chi connectivity index (χ3n) is 4.81. The Kier molecular flexibility index (Phi) is 3.48. The molecular formula is C15H19ClN2O. The molecule has 102 valence electrons. The van der Waals surface area contributed by atoms with Crippen LogP contribution in [0.5, 0.6) is 0 Å². The number of pyridine rings is 1. The molecule has 1 heterocycles. The summed E-state index contributed by atoms with van der Waals surface area (Å²) in [7, 11) is 0. The fourth-order valence-corrected chi connectivity index (χ4v) is 4.03. The first-order chi connectivity index (χ1) is 9.15. The maximum atomic E-state index is 12.2. The summed E-state index contributed by atoms with van der Waals surface area (Å²) in [6.07, 6.45) is 8.48. The summed E-state index contributed by atoms with van der Waals surface area (Å²) < 4.78 is 0. The Labute approximate surface area is 118 Å². The highest BCUT2D eigenvalue weighted by Gasteiger charge is 2.42. The third-order valence-corrected chi connectivity index (χ3v) is 5.14. The highest BCUT2D eigenvalue weighted by molar-refractivity contribution is 6.33. The number of nitrogens with zero attached hydrogens (tertiary/aromatic N) is 1. The van der Waals surface area contributed by atoms with Crippen LogP contribution in [-0.4, -0.2) is 16.9 Å². The van der Waals surface area contributed by atoms with Crippen LogP contribution in [0.3, 0.4) is 0 Å². The Morgan fingerprint density at radius 2 is 2.32 bits per heavy atom. The van der Waals surface area contributed by atoms with Crippen LogP contribution in [0.2, 0.25) is 5.02 Å². The van der Waals surface area contributed by atoms with Crippen molar-refractivity contribution < 1.29 is 4.79 Å². The van der Waals surface area contributed by atoms with Crippen molar-refractivity contribution in [2.45, 2.75) is 38.6 Å². The summed E-state index contributed by atoms with van der Waals surface area (Å²) in [4.78, 5) is 16.2. The van der Waals surface area contributed by atoms with Crippen LogP contribution in [-0.2, 0) is 0 Å². The SMILES string of the molecule is CC(NC(=O)c1cnccc1Cl)C1CC2CCC1C2. The predicted molar refractivity (Wildman–Crippen MR) is 75.1 cm³/mol. The van der Waals surface area contributed by atoms with Crippen molar-refractivity contribution in [3.63, 3.8) is 0 Å². The molecule has 1 aromatic heterocycles. The maximum Gasteiger partial charge on any atom is 0.254 e. The van der Waals surface area contributed by atoms with Crippen molar-refractivity contribution in [3.05, 3.63) is 29.0 Å². The number of hydrogen-bond acceptors (Lipinski definition) is 2. The quantitative estimate of drug-likeness (QED) is 0.922. The van der Waals surface area contributed by atoms with Gasteiger partial charge in [0.25, 0.3) is 5.91 Å². The molecule has 19 heavy (non-hydrogen) atoms. The van der Waals surface area contributed by atoms with E-state index in [4.69, 9.17) is 11.6 Å². The molecule has 4 heteroatoms. The lowest BCUT2D eigenvalue weighted by Gasteiger charge is -2.28. The number of hydrogen-bond donors (Lipinski definition) is 1. The van der Waals surface area contributed by atoms with Gasteiger partial charge in [-0.3, -0.25) is 9.78 Å². The van der Waals surface area contributed by atoms with Crippen molar-refractivity contribution in [3.8, 4) is 0 Å². The molecule has 0 aliphatic heterocycles. The second kappa shape index (κ2) is 5.12. The number of amides is 1. The molecule has 1 aromatic rings. The van der Waals surface area contributed by atoms with Gasteiger partial charge in [0.15, 0.2) is 0 Å². The largest absolute Gasteiger partial charge is 0.349 e. The van der Waals surface area contributed by atoms with Gasteiger partial charge >= 0.3 is 0 Å². The summed E-state index contributed by atoms with van der Waals surface area (Å²) in [5, 5.41) is 3.57. The molecule has 4 atom stereocenters. The molecule has 1 amide bonds. The van der Waals surface area contributed by atoms with E-state index in [1.807, 2.05) is 0 Å². The number of aromatic nitrogens is 1.